The monoisotopic (exact) mass is 476 g/mol. The van der Waals surface area contributed by atoms with Crippen LogP contribution < -0.4 is 4.90 Å². The van der Waals surface area contributed by atoms with Gasteiger partial charge in [-0.05, 0) is 61.3 Å². The largest absolute Gasteiger partial charge is 0.354 e. The number of ketones is 1. The molecule has 1 N–H and O–H groups in total. The summed E-state index contributed by atoms with van der Waals surface area (Å²) < 4.78 is 0. The second-order valence-corrected chi connectivity index (χ2v) is 9.64. The van der Waals surface area contributed by atoms with Crippen molar-refractivity contribution in [2.45, 2.75) is 13.3 Å². The SMILES string of the molecule is Cc1cc2cc(-c3ccc4cnc(CC(=O)c5ccnc(N6CCN(C)CC6)c5)cc4c3)cnc2[nH]1. The Morgan fingerprint density at radius 3 is 2.56 bits per heavy atom. The molecule has 1 aliphatic rings. The fourth-order valence-corrected chi connectivity index (χ4v) is 4.84. The van der Waals surface area contributed by atoms with Gasteiger partial charge in [0.05, 0.1) is 6.42 Å². The number of aryl methyl sites for hydroxylation is 1. The topological polar surface area (TPSA) is 78.0 Å². The summed E-state index contributed by atoms with van der Waals surface area (Å²) in [6.45, 7) is 5.87. The number of hydrogen-bond acceptors (Lipinski definition) is 6. The lowest BCUT2D eigenvalue weighted by Crippen LogP contribution is -2.44. The van der Waals surface area contributed by atoms with E-state index in [2.05, 4.69) is 67.1 Å². The Hall–Kier alpha value is -4.10. The van der Waals surface area contributed by atoms with Crippen LogP contribution in [-0.2, 0) is 6.42 Å². The number of aromatic nitrogens is 4. The molecule has 0 spiro atoms. The van der Waals surface area contributed by atoms with Crippen molar-refractivity contribution in [3.05, 3.63) is 84.1 Å². The molecule has 1 aromatic carbocycles. The van der Waals surface area contributed by atoms with E-state index in [0.717, 1.165) is 76.3 Å². The van der Waals surface area contributed by atoms with Crippen LogP contribution in [0, 0.1) is 6.92 Å². The third kappa shape index (κ3) is 4.45. The highest BCUT2D eigenvalue weighted by Crippen LogP contribution is 2.27. The van der Waals surface area contributed by atoms with Crippen molar-refractivity contribution in [3.63, 3.8) is 0 Å². The zero-order valence-electron chi connectivity index (χ0n) is 20.5. The molecule has 0 aliphatic carbocycles. The summed E-state index contributed by atoms with van der Waals surface area (Å²) in [5.41, 5.74) is 5.58. The average Bonchev–Trinajstić information content (AvgIpc) is 3.28. The molecule has 1 fully saturated rings. The summed E-state index contributed by atoms with van der Waals surface area (Å²) in [5.74, 6) is 0.918. The van der Waals surface area contributed by atoms with E-state index >= 15 is 0 Å². The number of nitrogens with one attached hydrogen (secondary N) is 1. The quantitative estimate of drug-likeness (QED) is 0.372. The molecule has 0 radical (unpaired) electrons. The van der Waals surface area contributed by atoms with Crippen LogP contribution in [0.2, 0.25) is 0 Å². The summed E-state index contributed by atoms with van der Waals surface area (Å²) in [7, 11) is 2.13. The number of carbonyl (C=O) groups is 1. The lowest BCUT2D eigenvalue weighted by atomic mass is 10.0. The molecular weight excluding hydrogens is 448 g/mol. The normalized spacial score (nSPS) is 14.6. The number of aromatic amines is 1. The zero-order chi connectivity index (χ0) is 24.6. The molecular formula is C29H28N6O. The van der Waals surface area contributed by atoms with E-state index in [-0.39, 0.29) is 12.2 Å². The van der Waals surface area contributed by atoms with Gasteiger partial charge < -0.3 is 14.8 Å². The van der Waals surface area contributed by atoms with Gasteiger partial charge in [-0.15, -0.1) is 0 Å². The standard InChI is InChI=1S/C29H28N6O/c1-19-11-24-13-25(18-32-29(24)33-19)20-3-4-22-17-31-26(14-23(22)12-20)16-27(36)21-5-6-30-28(15-21)35-9-7-34(2)8-10-35/h3-6,11-15,17-18H,7-10,16H2,1-2H3,(H,32,33). The number of H-pyrrole nitrogens is 1. The smallest absolute Gasteiger partial charge is 0.169 e. The van der Waals surface area contributed by atoms with Gasteiger partial charge in [0.15, 0.2) is 5.78 Å². The highest BCUT2D eigenvalue weighted by Gasteiger charge is 2.17. The molecule has 6 rings (SSSR count). The molecule has 0 amide bonds. The molecule has 0 atom stereocenters. The number of benzene rings is 1. The maximum Gasteiger partial charge on any atom is 0.169 e. The molecule has 7 nitrogen and oxygen atoms in total. The summed E-state index contributed by atoms with van der Waals surface area (Å²) in [5, 5.41) is 3.20. The van der Waals surface area contributed by atoms with E-state index in [9.17, 15) is 4.79 Å². The first-order valence-electron chi connectivity index (χ1n) is 12.3. The van der Waals surface area contributed by atoms with Gasteiger partial charge in [-0.2, -0.15) is 0 Å². The predicted molar refractivity (Wildman–Crippen MR) is 144 cm³/mol. The number of anilines is 1. The molecule has 0 saturated carbocycles. The molecule has 0 unspecified atom stereocenters. The van der Waals surface area contributed by atoms with Gasteiger partial charge >= 0.3 is 0 Å². The number of piperazine rings is 1. The number of carbonyl (C=O) groups excluding carboxylic acids is 1. The zero-order valence-corrected chi connectivity index (χ0v) is 20.5. The maximum absolute atomic E-state index is 13.1. The number of Topliss-reactive ketones (excluding diaryl/α,β-unsaturated/α-hetero) is 1. The second-order valence-electron chi connectivity index (χ2n) is 9.64. The Balaban J connectivity index is 1.24. The van der Waals surface area contributed by atoms with Crippen molar-refractivity contribution < 1.29 is 4.79 Å². The summed E-state index contributed by atoms with van der Waals surface area (Å²) >= 11 is 0. The van der Waals surface area contributed by atoms with Crippen LogP contribution in [0.15, 0.2) is 67.1 Å². The van der Waals surface area contributed by atoms with Gasteiger partial charge in [0, 0.05) is 78.1 Å². The molecule has 1 saturated heterocycles. The van der Waals surface area contributed by atoms with E-state index in [1.54, 1.807) is 12.3 Å². The summed E-state index contributed by atoms with van der Waals surface area (Å²) in [4.78, 5) is 34.6. The Kier molecular flexibility index (Phi) is 5.70. The number of rotatable bonds is 5. The molecule has 7 heteroatoms. The molecule has 180 valence electrons. The van der Waals surface area contributed by atoms with E-state index in [0.29, 0.717) is 5.56 Å². The molecule has 36 heavy (non-hydrogen) atoms. The number of nitrogens with zero attached hydrogens (tertiary/aromatic N) is 5. The van der Waals surface area contributed by atoms with Crippen molar-refractivity contribution >= 4 is 33.4 Å². The highest BCUT2D eigenvalue weighted by atomic mass is 16.1. The summed E-state index contributed by atoms with van der Waals surface area (Å²) in [6, 6.07) is 16.3. The fourth-order valence-electron chi connectivity index (χ4n) is 4.84. The third-order valence-corrected chi connectivity index (χ3v) is 6.95. The number of hydrogen-bond donors (Lipinski definition) is 1. The van der Waals surface area contributed by atoms with E-state index in [4.69, 9.17) is 0 Å². The van der Waals surface area contributed by atoms with Gasteiger partial charge in [-0.1, -0.05) is 12.1 Å². The minimum Gasteiger partial charge on any atom is -0.354 e. The Labute approximate surface area is 209 Å². The Morgan fingerprint density at radius 1 is 0.861 bits per heavy atom. The van der Waals surface area contributed by atoms with Crippen molar-refractivity contribution in [1.29, 1.82) is 0 Å². The molecule has 4 aromatic heterocycles. The molecule has 5 heterocycles. The van der Waals surface area contributed by atoms with Crippen molar-refractivity contribution in [2.75, 3.05) is 38.1 Å². The Bertz CT molecular complexity index is 1580. The summed E-state index contributed by atoms with van der Waals surface area (Å²) in [6.07, 6.45) is 5.73. The van der Waals surface area contributed by atoms with Gasteiger partial charge in [0.25, 0.3) is 0 Å². The maximum atomic E-state index is 13.1. The van der Waals surface area contributed by atoms with Crippen molar-refractivity contribution in [3.8, 4) is 11.1 Å². The minimum atomic E-state index is 0.0493. The first kappa shape index (κ1) is 22.4. The van der Waals surface area contributed by atoms with Crippen LogP contribution in [0.5, 0.6) is 0 Å². The molecule has 5 aromatic rings. The van der Waals surface area contributed by atoms with Gasteiger partial charge in [0.1, 0.15) is 11.5 Å². The highest BCUT2D eigenvalue weighted by molar-refractivity contribution is 5.98. The average molecular weight is 477 g/mol. The van der Waals surface area contributed by atoms with Crippen LogP contribution >= 0.6 is 0 Å². The van der Waals surface area contributed by atoms with Crippen LogP contribution in [0.4, 0.5) is 5.82 Å². The van der Waals surface area contributed by atoms with E-state index < -0.39 is 0 Å². The van der Waals surface area contributed by atoms with E-state index in [1.807, 2.05) is 31.5 Å². The van der Waals surface area contributed by atoms with Gasteiger partial charge in [-0.25, -0.2) is 9.97 Å². The van der Waals surface area contributed by atoms with Gasteiger partial charge in [0.2, 0.25) is 0 Å². The first-order valence-corrected chi connectivity index (χ1v) is 12.3. The second kappa shape index (κ2) is 9.17. The lowest BCUT2D eigenvalue weighted by Gasteiger charge is -2.33. The van der Waals surface area contributed by atoms with Gasteiger partial charge in [-0.3, -0.25) is 9.78 Å². The lowest BCUT2D eigenvalue weighted by molar-refractivity contribution is 0.0992. The van der Waals surface area contributed by atoms with Crippen LogP contribution in [0.25, 0.3) is 32.9 Å². The molecule has 0 bridgehead atoms. The third-order valence-electron chi connectivity index (χ3n) is 6.95. The fraction of sp³-hybridized carbons (Fsp3) is 0.241. The van der Waals surface area contributed by atoms with Crippen LogP contribution in [0.1, 0.15) is 21.7 Å². The first-order chi connectivity index (χ1) is 17.5. The van der Waals surface area contributed by atoms with Crippen molar-refractivity contribution in [1.82, 2.24) is 24.8 Å². The number of pyridine rings is 3. The molecule has 1 aliphatic heterocycles. The predicted octanol–water partition coefficient (Wildman–Crippen LogP) is 4.66. The van der Waals surface area contributed by atoms with E-state index in [1.165, 1.54) is 0 Å². The van der Waals surface area contributed by atoms with Crippen LogP contribution in [-0.4, -0.2) is 63.8 Å². The number of fused-ring (bicyclic) bond motifs is 2. The van der Waals surface area contributed by atoms with Crippen molar-refractivity contribution in [2.24, 2.45) is 0 Å². The minimum absolute atomic E-state index is 0.0493. The van der Waals surface area contributed by atoms with Crippen LogP contribution in [0.3, 0.4) is 0 Å². The Morgan fingerprint density at radius 2 is 1.69 bits per heavy atom. The number of likely N-dealkylation sites (N-methyl/N-ethyl adjacent to an activating group) is 1.